The minimum absolute atomic E-state index is 0.00550. The van der Waals surface area contributed by atoms with Crippen molar-refractivity contribution in [3.8, 4) is 5.75 Å². The summed E-state index contributed by atoms with van der Waals surface area (Å²) < 4.78 is 11.8. The highest BCUT2D eigenvalue weighted by Crippen LogP contribution is 2.29. The molecule has 4 amide bonds. The Balaban J connectivity index is 1.75. The number of likely N-dealkylation sites (N-methyl/N-ethyl adjacent to an activating group) is 2. The van der Waals surface area contributed by atoms with Crippen LogP contribution in [0.3, 0.4) is 0 Å². The Labute approximate surface area is 360 Å². The fourth-order valence-electron chi connectivity index (χ4n) is 8.49. The normalized spacial score (nSPS) is 20.8. The van der Waals surface area contributed by atoms with Crippen molar-refractivity contribution in [3.63, 3.8) is 0 Å². The van der Waals surface area contributed by atoms with Crippen LogP contribution in [0.2, 0.25) is 0 Å². The third-order valence-electron chi connectivity index (χ3n) is 12.3. The molecule has 5 N–H and O–H groups in total. The highest BCUT2D eigenvalue weighted by molar-refractivity contribution is 5.91. The van der Waals surface area contributed by atoms with E-state index in [0.717, 1.165) is 6.42 Å². The number of hydrogen-bond acceptors (Lipinski definition) is 13. The summed E-state index contributed by atoms with van der Waals surface area (Å²) >= 11 is 0. The Morgan fingerprint density at radius 1 is 1.00 bits per heavy atom. The van der Waals surface area contributed by atoms with Gasteiger partial charge in [-0.1, -0.05) is 61.0 Å². The van der Waals surface area contributed by atoms with Gasteiger partial charge in [0.05, 0.1) is 47.8 Å². The van der Waals surface area contributed by atoms with Crippen LogP contribution >= 0.6 is 0 Å². The Morgan fingerprint density at radius 2 is 1.67 bits per heavy atom. The average Bonchev–Trinajstić information content (AvgIpc) is 3.72. The number of nitro benzene ring substituents is 1. The zero-order valence-electron chi connectivity index (χ0n) is 37.9. The molecule has 1 aromatic rings. The lowest BCUT2D eigenvalue weighted by molar-refractivity contribution is -0.385. The molecule has 0 aromatic heterocycles. The largest absolute Gasteiger partial charge is 0.502 e. The molecule has 2 saturated heterocycles. The van der Waals surface area contributed by atoms with Crippen LogP contribution < -0.4 is 21.3 Å². The first-order valence-electron chi connectivity index (χ1n) is 21.6. The van der Waals surface area contributed by atoms with Crippen molar-refractivity contribution < 1.29 is 48.3 Å². The monoisotopic (exact) mass is 862 g/mol. The first-order valence-corrected chi connectivity index (χ1v) is 21.6. The molecular formula is C43H71N7O11. The first-order chi connectivity index (χ1) is 28.8. The molecule has 0 spiro atoms. The van der Waals surface area contributed by atoms with Crippen LogP contribution in [0.25, 0.3) is 0 Å². The molecule has 2 aliphatic heterocycles. The van der Waals surface area contributed by atoms with Crippen molar-refractivity contribution in [1.29, 1.82) is 0 Å². The summed E-state index contributed by atoms with van der Waals surface area (Å²) in [6.07, 6.45) is 1.71. The molecule has 1 aromatic carbocycles. The number of nitro groups is 1. The summed E-state index contributed by atoms with van der Waals surface area (Å²) in [5, 5.41) is 34.9. The third-order valence-corrected chi connectivity index (χ3v) is 12.3. The molecule has 10 atom stereocenters. The van der Waals surface area contributed by atoms with Crippen LogP contribution in [0.4, 0.5) is 5.69 Å². The molecule has 2 fully saturated rings. The SMILES string of the molecule is CC[C@H](C)[C@@H]([C@@H](CC(=O)C1CC[C@@H]([C@H](OC)[C@@H](C)C(=O)N[C@@H](Cc2ccc(O)c([N+](=O)[O-])c2)C(=O)N2CCCCO2)N1)OC)N(C)C(=O)[C@@H](NC(=O)[C@@H](NC)C(C)C)C(C)C. The molecular weight excluding hydrogens is 791 g/mol. The Morgan fingerprint density at radius 3 is 2.21 bits per heavy atom. The minimum atomic E-state index is -1.15. The molecule has 0 bridgehead atoms. The van der Waals surface area contributed by atoms with E-state index < -0.39 is 82.6 Å². The zero-order chi connectivity index (χ0) is 45.7. The lowest BCUT2D eigenvalue weighted by Crippen LogP contribution is -2.59. The van der Waals surface area contributed by atoms with Crippen LogP contribution in [-0.2, 0) is 44.7 Å². The second-order valence-electron chi connectivity index (χ2n) is 17.2. The number of amides is 4. The number of carbonyl (C=O) groups is 5. The van der Waals surface area contributed by atoms with Crippen LogP contribution in [0.15, 0.2) is 18.2 Å². The van der Waals surface area contributed by atoms with Crippen molar-refractivity contribution in [2.24, 2.45) is 23.7 Å². The molecule has 61 heavy (non-hydrogen) atoms. The lowest BCUT2D eigenvalue weighted by Gasteiger charge is -2.40. The Kier molecular flexibility index (Phi) is 20.0. The van der Waals surface area contributed by atoms with Gasteiger partial charge in [0.15, 0.2) is 11.5 Å². The van der Waals surface area contributed by atoms with Gasteiger partial charge in [0.1, 0.15) is 12.1 Å². The van der Waals surface area contributed by atoms with E-state index in [1.54, 1.807) is 25.9 Å². The second-order valence-corrected chi connectivity index (χ2v) is 17.2. The molecule has 0 radical (unpaired) electrons. The van der Waals surface area contributed by atoms with Gasteiger partial charge in [-0.15, -0.1) is 0 Å². The number of hydroxylamine groups is 2. The first kappa shape index (κ1) is 51.1. The average molecular weight is 862 g/mol. The number of rotatable bonds is 23. The number of benzene rings is 1. The van der Waals surface area contributed by atoms with E-state index in [-0.39, 0.29) is 48.2 Å². The number of ketones is 1. The molecule has 18 nitrogen and oxygen atoms in total. The van der Waals surface area contributed by atoms with Gasteiger partial charge in [0.25, 0.3) is 5.91 Å². The van der Waals surface area contributed by atoms with E-state index in [0.29, 0.717) is 44.4 Å². The van der Waals surface area contributed by atoms with Crippen molar-refractivity contribution >= 4 is 35.1 Å². The van der Waals surface area contributed by atoms with E-state index in [1.807, 2.05) is 41.5 Å². The number of methoxy groups -OCH3 is 2. The maximum absolute atomic E-state index is 14.2. The molecule has 0 aliphatic carbocycles. The molecule has 2 aliphatic rings. The quantitative estimate of drug-likeness (QED) is 0.0789. The Bertz CT molecular complexity index is 1660. The van der Waals surface area contributed by atoms with E-state index in [1.165, 1.54) is 37.5 Å². The van der Waals surface area contributed by atoms with E-state index in [9.17, 15) is 39.2 Å². The number of nitrogens with zero attached hydrogens (tertiary/aromatic N) is 3. The summed E-state index contributed by atoms with van der Waals surface area (Å²) in [5.74, 6) is -3.24. The maximum atomic E-state index is 14.2. The van der Waals surface area contributed by atoms with Crippen LogP contribution in [0.5, 0.6) is 5.75 Å². The van der Waals surface area contributed by atoms with Gasteiger partial charge in [0.2, 0.25) is 17.7 Å². The number of aromatic hydroxyl groups is 1. The maximum Gasteiger partial charge on any atom is 0.310 e. The number of carbonyl (C=O) groups excluding carboxylic acids is 5. The van der Waals surface area contributed by atoms with Gasteiger partial charge in [-0.3, -0.25) is 38.9 Å². The highest BCUT2D eigenvalue weighted by Gasteiger charge is 2.43. The summed E-state index contributed by atoms with van der Waals surface area (Å²) in [6.45, 7) is 14.0. The van der Waals surface area contributed by atoms with E-state index in [4.69, 9.17) is 14.3 Å². The minimum Gasteiger partial charge on any atom is -0.502 e. The van der Waals surface area contributed by atoms with E-state index in [2.05, 4.69) is 21.3 Å². The van der Waals surface area contributed by atoms with Gasteiger partial charge >= 0.3 is 5.69 Å². The molecule has 344 valence electrons. The topological polar surface area (TPSA) is 231 Å². The predicted molar refractivity (Wildman–Crippen MR) is 228 cm³/mol. The van der Waals surface area contributed by atoms with Gasteiger partial charge in [-0.25, -0.2) is 5.06 Å². The summed E-state index contributed by atoms with van der Waals surface area (Å²) in [4.78, 5) is 87.0. The van der Waals surface area contributed by atoms with Gasteiger partial charge in [-0.2, -0.15) is 0 Å². The number of Topliss-reactive ketones (excluding diaryl/α,β-unsaturated/α-hetero) is 1. The van der Waals surface area contributed by atoms with Crippen LogP contribution in [-0.4, -0.2) is 139 Å². The third kappa shape index (κ3) is 13.4. The summed E-state index contributed by atoms with van der Waals surface area (Å²) in [6, 6.07) is -0.0833. The number of nitrogens with one attached hydrogen (secondary N) is 4. The fourth-order valence-corrected chi connectivity index (χ4v) is 8.49. The highest BCUT2D eigenvalue weighted by atomic mass is 16.7. The summed E-state index contributed by atoms with van der Waals surface area (Å²) in [7, 11) is 6.41. The van der Waals surface area contributed by atoms with Crippen molar-refractivity contribution in [2.75, 3.05) is 41.5 Å². The van der Waals surface area contributed by atoms with Gasteiger partial charge in [0, 0.05) is 52.8 Å². The van der Waals surface area contributed by atoms with Crippen molar-refractivity contribution in [1.82, 2.24) is 31.2 Å². The van der Waals surface area contributed by atoms with E-state index >= 15 is 0 Å². The second kappa shape index (κ2) is 23.8. The standard InChI is InChI=1S/C43H71N7O11/c1-12-26(6)38(48(9)43(56)37(25(4)5)47-41(54)36(44-8)24(2)3)35(59-10)23-34(52)29-16-17-30(45-29)39(60-11)27(7)40(53)46-31(42(55)49-19-13-14-20-61-49)21-28-15-18-33(51)32(22-28)50(57)58/h15,18,22,24-27,29-31,35-39,44-45,51H,12-14,16-17,19-21,23H2,1-11H3,(H,46,53)(H,47,54)/t26-,27+,29?,30-,31-,35+,36-,37-,38-,39+/m0/s1. The smallest absolute Gasteiger partial charge is 0.310 e. The fraction of sp³-hybridized carbons (Fsp3) is 0.744. The zero-order valence-corrected chi connectivity index (χ0v) is 37.9. The van der Waals surface area contributed by atoms with Gasteiger partial charge in [-0.05, 0) is 62.1 Å². The molecule has 3 rings (SSSR count). The Hall–Kier alpha value is -4.23. The number of phenolic OH excluding ortho intramolecular Hbond substituents is 1. The number of phenols is 1. The summed E-state index contributed by atoms with van der Waals surface area (Å²) in [5.41, 5.74) is -0.169. The molecule has 2 heterocycles. The molecule has 1 unspecified atom stereocenters. The number of hydrogen-bond donors (Lipinski definition) is 5. The van der Waals surface area contributed by atoms with Crippen molar-refractivity contribution in [2.45, 2.75) is 142 Å². The van der Waals surface area contributed by atoms with Crippen molar-refractivity contribution in [3.05, 3.63) is 33.9 Å². The predicted octanol–water partition coefficient (Wildman–Crippen LogP) is 2.89. The van der Waals surface area contributed by atoms with Crippen LogP contribution in [0.1, 0.15) is 92.6 Å². The van der Waals surface area contributed by atoms with Crippen LogP contribution in [0, 0.1) is 33.8 Å². The number of ether oxygens (including phenoxy) is 2. The molecule has 0 saturated carbocycles. The lowest BCUT2D eigenvalue weighted by atomic mass is 9.88. The molecule has 18 heteroatoms. The van der Waals surface area contributed by atoms with Gasteiger partial charge < -0.3 is 40.7 Å².